The normalized spacial score (nSPS) is 18.8. The van der Waals surface area contributed by atoms with Crippen molar-refractivity contribution < 1.29 is 27.4 Å². The largest absolute Gasteiger partial charge is 0.454 e. The van der Waals surface area contributed by atoms with E-state index in [-0.39, 0.29) is 17.6 Å². The Labute approximate surface area is 193 Å². The summed E-state index contributed by atoms with van der Waals surface area (Å²) in [5.41, 5.74) is 1.71. The van der Waals surface area contributed by atoms with Crippen LogP contribution in [0, 0.1) is 0 Å². The fourth-order valence-electron chi connectivity index (χ4n) is 4.35. The van der Waals surface area contributed by atoms with E-state index in [1.165, 1.54) is 10.7 Å². The van der Waals surface area contributed by atoms with E-state index in [1.54, 1.807) is 36.4 Å². The number of fused-ring (bicyclic) bond motifs is 1. The Balaban J connectivity index is 1.47. The average Bonchev–Trinajstić information content (AvgIpc) is 3.33. The molecule has 2 aromatic rings. The van der Waals surface area contributed by atoms with Crippen LogP contribution in [0.1, 0.15) is 29.6 Å². The third-order valence-corrected chi connectivity index (χ3v) is 8.05. The van der Waals surface area contributed by atoms with Crippen molar-refractivity contribution in [3.63, 3.8) is 0 Å². The molecule has 0 bridgehead atoms. The van der Waals surface area contributed by atoms with Crippen LogP contribution in [0.4, 0.5) is 11.4 Å². The fourth-order valence-corrected chi connectivity index (χ4v) is 5.79. The molecule has 0 spiro atoms. The number of hydrogen-bond donors (Lipinski definition) is 1. The maximum Gasteiger partial charge on any atom is 0.255 e. The van der Waals surface area contributed by atoms with Crippen molar-refractivity contribution in [2.24, 2.45) is 0 Å². The van der Waals surface area contributed by atoms with Gasteiger partial charge in [0.1, 0.15) is 0 Å². The first-order chi connectivity index (χ1) is 16.0. The second kappa shape index (κ2) is 9.20. The van der Waals surface area contributed by atoms with E-state index in [0.717, 1.165) is 31.6 Å². The van der Waals surface area contributed by atoms with Crippen molar-refractivity contribution >= 4 is 27.3 Å². The van der Waals surface area contributed by atoms with Crippen LogP contribution in [0.15, 0.2) is 41.3 Å². The molecule has 1 N–H and O–H groups in total. The van der Waals surface area contributed by atoms with E-state index in [1.807, 2.05) is 0 Å². The van der Waals surface area contributed by atoms with Crippen molar-refractivity contribution in [1.82, 2.24) is 4.31 Å². The molecule has 33 heavy (non-hydrogen) atoms. The lowest BCUT2D eigenvalue weighted by atomic mass is 10.1. The lowest BCUT2D eigenvalue weighted by Crippen LogP contribution is -2.40. The van der Waals surface area contributed by atoms with Crippen molar-refractivity contribution in [1.29, 1.82) is 0 Å². The molecule has 0 atom stereocenters. The predicted octanol–water partition coefficient (Wildman–Crippen LogP) is 2.68. The summed E-state index contributed by atoms with van der Waals surface area (Å²) < 4.78 is 43.9. The Morgan fingerprint density at radius 1 is 0.879 bits per heavy atom. The van der Waals surface area contributed by atoms with Crippen LogP contribution in [0.25, 0.3) is 0 Å². The summed E-state index contributed by atoms with van der Waals surface area (Å²) in [5.74, 6) is 0.772. The van der Waals surface area contributed by atoms with E-state index in [4.69, 9.17) is 14.2 Å². The monoisotopic (exact) mass is 473 g/mol. The number of morpholine rings is 1. The van der Waals surface area contributed by atoms with Gasteiger partial charge < -0.3 is 24.4 Å². The van der Waals surface area contributed by atoms with E-state index < -0.39 is 10.0 Å². The molecule has 0 aromatic heterocycles. The smallest absolute Gasteiger partial charge is 0.255 e. The molecular formula is C23H27N3O6S. The molecule has 10 heteroatoms. The van der Waals surface area contributed by atoms with Crippen LogP contribution in [0.2, 0.25) is 0 Å². The first-order valence-electron chi connectivity index (χ1n) is 11.2. The first-order valence-corrected chi connectivity index (χ1v) is 12.6. The Hall–Kier alpha value is -2.82. The molecule has 1 amide bonds. The van der Waals surface area contributed by atoms with Gasteiger partial charge in [0.2, 0.25) is 16.8 Å². The second-order valence-electron chi connectivity index (χ2n) is 8.27. The molecule has 0 radical (unpaired) electrons. The Morgan fingerprint density at radius 2 is 1.64 bits per heavy atom. The average molecular weight is 474 g/mol. The van der Waals surface area contributed by atoms with Crippen LogP contribution in [-0.4, -0.2) is 64.8 Å². The lowest BCUT2D eigenvalue weighted by molar-refractivity contribution is 0.0730. The standard InChI is InChI=1S/C23H27N3O6S/c27-23(17-4-7-21-22(14-17)32-16-31-21)24-19-15-18(33(28,29)26-10-12-30-13-11-26)5-6-20(19)25-8-2-1-3-9-25/h4-7,14-15H,1-3,8-13,16H2,(H,24,27). The number of amides is 1. The summed E-state index contributed by atoms with van der Waals surface area (Å²) in [6.45, 7) is 3.23. The highest BCUT2D eigenvalue weighted by Crippen LogP contribution is 2.35. The molecule has 3 heterocycles. The third kappa shape index (κ3) is 4.50. The minimum Gasteiger partial charge on any atom is -0.454 e. The third-order valence-electron chi connectivity index (χ3n) is 6.16. The Bertz CT molecular complexity index is 1140. The van der Waals surface area contributed by atoms with Gasteiger partial charge in [-0.1, -0.05) is 0 Å². The summed E-state index contributed by atoms with van der Waals surface area (Å²) in [6, 6.07) is 9.99. The number of benzene rings is 2. The van der Waals surface area contributed by atoms with Crippen molar-refractivity contribution in [2.75, 3.05) is 56.4 Å². The van der Waals surface area contributed by atoms with Gasteiger partial charge in [0, 0.05) is 31.7 Å². The van der Waals surface area contributed by atoms with Crippen LogP contribution in [0.5, 0.6) is 11.5 Å². The molecular weight excluding hydrogens is 446 g/mol. The topological polar surface area (TPSA) is 97.4 Å². The fraction of sp³-hybridized carbons (Fsp3) is 0.435. The molecule has 0 unspecified atom stereocenters. The van der Waals surface area contributed by atoms with Gasteiger partial charge in [-0.3, -0.25) is 4.79 Å². The zero-order chi connectivity index (χ0) is 22.8. The quantitative estimate of drug-likeness (QED) is 0.713. The van der Waals surface area contributed by atoms with Gasteiger partial charge in [-0.05, 0) is 55.7 Å². The molecule has 5 rings (SSSR count). The molecule has 2 fully saturated rings. The zero-order valence-corrected chi connectivity index (χ0v) is 19.1. The molecule has 9 nitrogen and oxygen atoms in total. The second-order valence-corrected chi connectivity index (χ2v) is 10.2. The number of carbonyl (C=O) groups excluding carboxylic acids is 1. The minimum absolute atomic E-state index is 0.126. The number of nitrogens with one attached hydrogen (secondary N) is 1. The van der Waals surface area contributed by atoms with Crippen LogP contribution in [-0.2, 0) is 14.8 Å². The van der Waals surface area contributed by atoms with Gasteiger partial charge in [-0.15, -0.1) is 0 Å². The number of hydrogen-bond acceptors (Lipinski definition) is 7. The van der Waals surface area contributed by atoms with Gasteiger partial charge in [0.15, 0.2) is 11.5 Å². The van der Waals surface area contributed by atoms with E-state index in [9.17, 15) is 13.2 Å². The predicted molar refractivity (Wildman–Crippen MR) is 123 cm³/mol. The molecule has 2 saturated heterocycles. The highest BCUT2D eigenvalue weighted by Gasteiger charge is 2.28. The van der Waals surface area contributed by atoms with Crippen molar-refractivity contribution in [3.05, 3.63) is 42.0 Å². The van der Waals surface area contributed by atoms with Crippen molar-refractivity contribution in [2.45, 2.75) is 24.2 Å². The molecule has 3 aliphatic heterocycles. The first kappa shape index (κ1) is 22.0. The Morgan fingerprint density at radius 3 is 2.42 bits per heavy atom. The SMILES string of the molecule is O=C(Nc1cc(S(=O)(=O)N2CCOCC2)ccc1N1CCCCC1)c1ccc2c(c1)OCO2. The number of carbonyl (C=O) groups is 1. The number of nitrogens with zero attached hydrogens (tertiary/aromatic N) is 2. The van der Waals surface area contributed by atoms with Gasteiger partial charge in [0.25, 0.3) is 5.91 Å². The molecule has 0 saturated carbocycles. The maximum atomic E-state index is 13.2. The number of anilines is 2. The molecule has 3 aliphatic rings. The summed E-state index contributed by atoms with van der Waals surface area (Å²) in [4.78, 5) is 15.5. The van der Waals surface area contributed by atoms with Gasteiger partial charge >= 0.3 is 0 Å². The van der Waals surface area contributed by atoms with Gasteiger partial charge in [-0.25, -0.2) is 8.42 Å². The highest BCUT2D eigenvalue weighted by atomic mass is 32.2. The number of ether oxygens (including phenoxy) is 3. The van der Waals surface area contributed by atoms with Gasteiger partial charge in [-0.2, -0.15) is 4.31 Å². The molecule has 0 aliphatic carbocycles. The number of sulfonamides is 1. The number of piperidine rings is 1. The highest BCUT2D eigenvalue weighted by molar-refractivity contribution is 7.89. The lowest BCUT2D eigenvalue weighted by Gasteiger charge is -2.31. The van der Waals surface area contributed by atoms with Crippen LogP contribution >= 0.6 is 0 Å². The van der Waals surface area contributed by atoms with Crippen LogP contribution < -0.4 is 19.7 Å². The van der Waals surface area contributed by atoms with E-state index >= 15 is 0 Å². The molecule has 176 valence electrons. The summed E-state index contributed by atoms with van der Waals surface area (Å²) in [5, 5.41) is 2.95. The number of rotatable bonds is 5. The summed E-state index contributed by atoms with van der Waals surface area (Å²) >= 11 is 0. The van der Waals surface area contributed by atoms with E-state index in [0.29, 0.717) is 49.1 Å². The molecule has 2 aromatic carbocycles. The zero-order valence-electron chi connectivity index (χ0n) is 18.3. The summed E-state index contributed by atoms with van der Waals surface area (Å²) in [7, 11) is -3.69. The van der Waals surface area contributed by atoms with Crippen LogP contribution in [0.3, 0.4) is 0 Å². The van der Waals surface area contributed by atoms with E-state index in [2.05, 4.69) is 10.2 Å². The maximum absolute atomic E-state index is 13.2. The van der Waals surface area contributed by atoms with Crippen molar-refractivity contribution in [3.8, 4) is 11.5 Å². The summed E-state index contributed by atoms with van der Waals surface area (Å²) in [6.07, 6.45) is 3.28. The van der Waals surface area contributed by atoms with Gasteiger partial charge in [0.05, 0.1) is 29.5 Å². The minimum atomic E-state index is -3.69. The Kier molecular flexibility index (Phi) is 6.13.